The zero-order valence-corrected chi connectivity index (χ0v) is 20.2. The van der Waals surface area contributed by atoms with Crippen LogP contribution in [0.15, 0.2) is 27.8 Å². The summed E-state index contributed by atoms with van der Waals surface area (Å²) in [6, 6.07) is 4.79. The standard InChI is InChI=1S/C22H34N4O3.HI/c1-2-28-22(27)26-11-8-18(9-12-26)24-21(23-10-7-19-4-3-13-29-19)25-20-15-16-5-6-17(20)14-16;/h3-4,13,16-18,20H,2,5-12,14-15H2,1H3,(H2,23,24,25);1H. The number of halogens is 1. The molecule has 1 saturated heterocycles. The van der Waals surface area contributed by atoms with Gasteiger partial charge in [0.05, 0.1) is 12.9 Å². The predicted octanol–water partition coefficient (Wildman–Crippen LogP) is 3.78. The van der Waals surface area contributed by atoms with Crippen molar-refractivity contribution in [1.29, 1.82) is 0 Å². The zero-order chi connectivity index (χ0) is 20.1. The number of guanidine groups is 1. The quantitative estimate of drug-likeness (QED) is 0.333. The number of ether oxygens (including phenoxy) is 1. The molecule has 2 bridgehead atoms. The molecular weight excluding hydrogens is 495 g/mol. The minimum Gasteiger partial charge on any atom is -0.469 e. The van der Waals surface area contributed by atoms with Gasteiger partial charge >= 0.3 is 6.09 Å². The second-order valence-corrected chi connectivity index (χ2v) is 8.59. The number of likely N-dealkylation sites (tertiary alicyclic amines) is 1. The lowest BCUT2D eigenvalue weighted by Crippen LogP contribution is -2.52. The maximum atomic E-state index is 11.9. The molecular formula is C22H35IN4O3. The number of carbonyl (C=O) groups is 1. The van der Waals surface area contributed by atoms with E-state index >= 15 is 0 Å². The molecule has 3 aliphatic rings. The molecule has 2 heterocycles. The monoisotopic (exact) mass is 530 g/mol. The number of hydrogen-bond donors (Lipinski definition) is 2. The van der Waals surface area contributed by atoms with Crippen molar-refractivity contribution in [2.45, 2.75) is 64.0 Å². The van der Waals surface area contributed by atoms with Gasteiger partial charge in [-0.1, -0.05) is 6.42 Å². The Hall–Kier alpha value is -1.45. The molecule has 0 radical (unpaired) electrons. The summed E-state index contributed by atoms with van der Waals surface area (Å²) in [4.78, 5) is 18.6. The lowest BCUT2D eigenvalue weighted by Gasteiger charge is -2.33. The average molecular weight is 530 g/mol. The molecule has 0 spiro atoms. The number of rotatable bonds is 6. The third-order valence-electron chi connectivity index (χ3n) is 6.63. The topological polar surface area (TPSA) is 79.1 Å². The van der Waals surface area contributed by atoms with Crippen molar-refractivity contribution in [2.75, 3.05) is 26.2 Å². The molecule has 7 nitrogen and oxygen atoms in total. The number of nitrogens with zero attached hydrogens (tertiary/aromatic N) is 2. The van der Waals surface area contributed by atoms with E-state index in [4.69, 9.17) is 14.1 Å². The van der Waals surface area contributed by atoms with Gasteiger partial charge in [-0.05, 0) is 63.0 Å². The van der Waals surface area contributed by atoms with Crippen LogP contribution in [-0.2, 0) is 11.2 Å². The van der Waals surface area contributed by atoms with Gasteiger partial charge in [0, 0.05) is 38.1 Å². The van der Waals surface area contributed by atoms with Crippen LogP contribution in [0.1, 0.15) is 51.2 Å². The molecule has 2 aliphatic carbocycles. The smallest absolute Gasteiger partial charge is 0.409 e. The van der Waals surface area contributed by atoms with Gasteiger partial charge < -0.3 is 24.7 Å². The summed E-state index contributed by atoms with van der Waals surface area (Å²) in [6.45, 7) is 4.43. The molecule has 2 N–H and O–H groups in total. The molecule has 30 heavy (non-hydrogen) atoms. The Morgan fingerprint density at radius 2 is 2.07 bits per heavy atom. The predicted molar refractivity (Wildman–Crippen MR) is 127 cm³/mol. The first-order valence-corrected chi connectivity index (χ1v) is 11.2. The van der Waals surface area contributed by atoms with Gasteiger partial charge in [-0.15, -0.1) is 24.0 Å². The largest absolute Gasteiger partial charge is 0.469 e. The average Bonchev–Trinajstić information content (AvgIpc) is 3.47. The number of piperidine rings is 1. The van der Waals surface area contributed by atoms with E-state index in [0.717, 1.165) is 55.9 Å². The first kappa shape index (κ1) is 23.2. The second-order valence-electron chi connectivity index (χ2n) is 8.59. The van der Waals surface area contributed by atoms with Gasteiger partial charge in [0.2, 0.25) is 0 Å². The normalized spacial score (nSPS) is 26.4. The van der Waals surface area contributed by atoms with E-state index in [1.165, 1.54) is 25.7 Å². The van der Waals surface area contributed by atoms with Crippen LogP contribution >= 0.6 is 24.0 Å². The Kier molecular flexibility index (Phi) is 8.71. The van der Waals surface area contributed by atoms with Crippen LogP contribution in [0.2, 0.25) is 0 Å². The van der Waals surface area contributed by atoms with Crippen LogP contribution in [-0.4, -0.2) is 55.3 Å². The zero-order valence-electron chi connectivity index (χ0n) is 17.8. The lowest BCUT2D eigenvalue weighted by molar-refractivity contribution is 0.0963. The molecule has 0 aromatic carbocycles. The van der Waals surface area contributed by atoms with Crippen LogP contribution in [0.3, 0.4) is 0 Å². The molecule has 1 aromatic heterocycles. The van der Waals surface area contributed by atoms with E-state index in [-0.39, 0.29) is 30.1 Å². The van der Waals surface area contributed by atoms with Crippen LogP contribution in [0.25, 0.3) is 0 Å². The SMILES string of the molecule is CCOC(=O)N1CCC(NC(=NCCc2ccco2)NC2CC3CCC2C3)CC1.I. The first-order chi connectivity index (χ1) is 14.2. The summed E-state index contributed by atoms with van der Waals surface area (Å²) in [6.07, 6.45) is 9.52. The molecule has 4 rings (SSSR count). The highest BCUT2D eigenvalue weighted by Crippen LogP contribution is 2.44. The van der Waals surface area contributed by atoms with Crippen molar-refractivity contribution in [3.63, 3.8) is 0 Å². The van der Waals surface area contributed by atoms with E-state index in [0.29, 0.717) is 25.2 Å². The summed E-state index contributed by atoms with van der Waals surface area (Å²) in [7, 11) is 0. The fourth-order valence-electron chi connectivity index (χ4n) is 5.08. The summed E-state index contributed by atoms with van der Waals surface area (Å²) in [5.74, 6) is 3.58. The van der Waals surface area contributed by atoms with E-state index in [1.807, 2.05) is 19.1 Å². The number of fused-ring (bicyclic) bond motifs is 2. The molecule has 3 atom stereocenters. The molecule has 1 amide bonds. The van der Waals surface area contributed by atoms with Gasteiger partial charge in [0.15, 0.2) is 5.96 Å². The fraction of sp³-hybridized carbons (Fsp3) is 0.727. The van der Waals surface area contributed by atoms with Crippen LogP contribution in [0.4, 0.5) is 4.79 Å². The summed E-state index contributed by atoms with van der Waals surface area (Å²) in [5, 5.41) is 7.38. The summed E-state index contributed by atoms with van der Waals surface area (Å²) < 4.78 is 10.6. The van der Waals surface area contributed by atoms with Crippen LogP contribution in [0.5, 0.6) is 0 Å². The van der Waals surface area contributed by atoms with E-state index in [2.05, 4.69) is 10.6 Å². The highest BCUT2D eigenvalue weighted by atomic mass is 127. The molecule has 1 aromatic rings. The Bertz CT molecular complexity index is 689. The van der Waals surface area contributed by atoms with Crippen molar-refractivity contribution in [1.82, 2.24) is 15.5 Å². The number of carbonyl (C=O) groups excluding carboxylic acids is 1. The molecule has 2 saturated carbocycles. The number of furan rings is 1. The Balaban J connectivity index is 0.00000256. The Morgan fingerprint density at radius 3 is 2.70 bits per heavy atom. The van der Waals surface area contributed by atoms with E-state index < -0.39 is 0 Å². The van der Waals surface area contributed by atoms with Crippen LogP contribution < -0.4 is 10.6 Å². The van der Waals surface area contributed by atoms with Gasteiger partial charge in [-0.3, -0.25) is 4.99 Å². The fourth-order valence-corrected chi connectivity index (χ4v) is 5.08. The van der Waals surface area contributed by atoms with E-state index in [1.54, 1.807) is 11.2 Å². The maximum Gasteiger partial charge on any atom is 0.409 e. The van der Waals surface area contributed by atoms with Gasteiger partial charge in [-0.2, -0.15) is 0 Å². The number of aliphatic imine (C=N–C) groups is 1. The Morgan fingerprint density at radius 1 is 1.23 bits per heavy atom. The highest BCUT2D eigenvalue weighted by Gasteiger charge is 2.40. The van der Waals surface area contributed by atoms with Gasteiger partial charge in [0.25, 0.3) is 0 Å². The number of hydrogen-bond acceptors (Lipinski definition) is 4. The van der Waals surface area contributed by atoms with Crippen molar-refractivity contribution in [3.05, 3.63) is 24.2 Å². The molecule has 8 heteroatoms. The third kappa shape index (κ3) is 6.04. The van der Waals surface area contributed by atoms with Crippen molar-refractivity contribution in [2.24, 2.45) is 16.8 Å². The minimum atomic E-state index is -0.196. The molecule has 3 unspecified atom stereocenters. The van der Waals surface area contributed by atoms with Crippen molar-refractivity contribution < 1.29 is 13.9 Å². The molecule has 3 fully saturated rings. The minimum absolute atomic E-state index is 0. The number of amides is 1. The summed E-state index contributed by atoms with van der Waals surface area (Å²) in [5.41, 5.74) is 0. The molecule has 168 valence electrons. The van der Waals surface area contributed by atoms with Gasteiger partial charge in [0.1, 0.15) is 5.76 Å². The first-order valence-electron chi connectivity index (χ1n) is 11.2. The summed E-state index contributed by atoms with van der Waals surface area (Å²) >= 11 is 0. The Labute approximate surface area is 196 Å². The lowest BCUT2D eigenvalue weighted by atomic mass is 9.95. The number of nitrogens with one attached hydrogen (secondary N) is 2. The van der Waals surface area contributed by atoms with Crippen molar-refractivity contribution >= 4 is 36.0 Å². The highest BCUT2D eigenvalue weighted by molar-refractivity contribution is 14.0. The second kappa shape index (κ2) is 11.2. The third-order valence-corrected chi connectivity index (χ3v) is 6.63. The molecule has 1 aliphatic heterocycles. The van der Waals surface area contributed by atoms with E-state index in [9.17, 15) is 4.79 Å². The maximum absolute atomic E-state index is 11.9. The van der Waals surface area contributed by atoms with Gasteiger partial charge in [-0.25, -0.2) is 4.79 Å². The van der Waals surface area contributed by atoms with Crippen molar-refractivity contribution in [3.8, 4) is 0 Å². The van der Waals surface area contributed by atoms with Crippen LogP contribution in [0, 0.1) is 11.8 Å².